The molecule has 0 unspecified atom stereocenters. The van der Waals surface area contributed by atoms with Crippen molar-refractivity contribution < 1.29 is 0 Å². The summed E-state index contributed by atoms with van der Waals surface area (Å²) in [5.74, 6) is 6.05. The molecule has 0 radical (unpaired) electrons. The van der Waals surface area contributed by atoms with Gasteiger partial charge in [-0.05, 0) is 24.1 Å². The summed E-state index contributed by atoms with van der Waals surface area (Å²) >= 11 is 0. The van der Waals surface area contributed by atoms with Crippen molar-refractivity contribution in [3.8, 4) is 23.1 Å². The van der Waals surface area contributed by atoms with Crippen molar-refractivity contribution in [1.82, 2.24) is 19.6 Å². The van der Waals surface area contributed by atoms with E-state index >= 15 is 0 Å². The van der Waals surface area contributed by atoms with Crippen LogP contribution >= 0.6 is 0 Å². The maximum atomic E-state index is 11.1. The van der Waals surface area contributed by atoms with Crippen LogP contribution < -0.4 is 5.56 Å². The highest BCUT2D eigenvalue weighted by Gasteiger charge is 2.05. The van der Waals surface area contributed by atoms with E-state index in [1.165, 1.54) is 6.07 Å². The van der Waals surface area contributed by atoms with Gasteiger partial charge in [0.2, 0.25) is 5.56 Å². The molecule has 4 aromatic rings. The fourth-order valence-electron chi connectivity index (χ4n) is 2.35. The number of pyridine rings is 1. The quantitative estimate of drug-likeness (QED) is 0.549. The lowest BCUT2D eigenvalue weighted by Crippen LogP contribution is -2.01. The van der Waals surface area contributed by atoms with Crippen molar-refractivity contribution in [3.63, 3.8) is 0 Å². The van der Waals surface area contributed by atoms with Crippen LogP contribution in [0.1, 0.15) is 11.3 Å². The number of benzene rings is 1. The zero-order valence-corrected chi connectivity index (χ0v) is 12.6. The minimum atomic E-state index is -0.149. The summed E-state index contributed by atoms with van der Waals surface area (Å²) in [5, 5.41) is 4.63. The minimum Gasteiger partial charge on any atom is -0.328 e. The highest BCUT2D eigenvalue weighted by molar-refractivity contribution is 5.60. The number of fused-ring (bicyclic) bond motifs is 1. The Morgan fingerprint density at radius 2 is 1.83 bits per heavy atom. The lowest BCUT2D eigenvalue weighted by molar-refractivity contribution is 0.930. The number of hydrogen-bond acceptors (Lipinski definition) is 3. The van der Waals surface area contributed by atoms with Gasteiger partial charge >= 0.3 is 0 Å². The third-order valence-corrected chi connectivity index (χ3v) is 3.55. The van der Waals surface area contributed by atoms with Crippen LogP contribution in [0, 0.1) is 11.8 Å². The molecule has 114 valence electrons. The Kier molecular flexibility index (Phi) is 3.41. The van der Waals surface area contributed by atoms with Crippen molar-refractivity contribution in [2.24, 2.45) is 0 Å². The van der Waals surface area contributed by atoms with Crippen LogP contribution in [0.2, 0.25) is 0 Å². The summed E-state index contributed by atoms with van der Waals surface area (Å²) in [6.45, 7) is 0. The lowest BCUT2D eigenvalue weighted by Gasteiger charge is -2.01. The minimum absolute atomic E-state index is 0.149. The predicted molar refractivity (Wildman–Crippen MR) is 91.5 cm³/mol. The number of H-pyrrole nitrogens is 1. The molecule has 5 heteroatoms. The van der Waals surface area contributed by atoms with Gasteiger partial charge in [0, 0.05) is 23.4 Å². The molecule has 0 fully saturated rings. The maximum Gasteiger partial charge on any atom is 0.247 e. The van der Waals surface area contributed by atoms with Gasteiger partial charge in [0.15, 0.2) is 5.65 Å². The van der Waals surface area contributed by atoms with Crippen molar-refractivity contribution in [3.05, 3.63) is 88.6 Å². The average molecular weight is 312 g/mol. The number of nitrogens with zero attached hydrogens (tertiary/aromatic N) is 3. The molecule has 0 bridgehead atoms. The first-order valence-corrected chi connectivity index (χ1v) is 7.40. The van der Waals surface area contributed by atoms with E-state index in [4.69, 9.17) is 0 Å². The van der Waals surface area contributed by atoms with Gasteiger partial charge in [0.25, 0.3) is 0 Å². The normalized spacial score (nSPS) is 10.3. The maximum absolute atomic E-state index is 11.1. The van der Waals surface area contributed by atoms with Crippen molar-refractivity contribution >= 4 is 5.65 Å². The first kappa shape index (κ1) is 14.0. The van der Waals surface area contributed by atoms with Gasteiger partial charge in [-0.15, -0.1) is 0 Å². The lowest BCUT2D eigenvalue weighted by atomic mass is 10.1. The molecule has 5 nitrogen and oxygen atoms in total. The topological polar surface area (TPSA) is 63.1 Å². The Balaban J connectivity index is 1.77. The Bertz CT molecular complexity index is 1110. The number of aromatic nitrogens is 4. The monoisotopic (exact) mass is 312 g/mol. The Morgan fingerprint density at radius 3 is 2.62 bits per heavy atom. The molecule has 0 aliphatic rings. The molecule has 0 atom stereocenters. The van der Waals surface area contributed by atoms with Crippen molar-refractivity contribution in [2.75, 3.05) is 0 Å². The first-order valence-electron chi connectivity index (χ1n) is 7.40. The van der Waals surface area contributed by atoms with E-state index in [0.29, 0.717) is 5.69 Å². The molecule has 1 N–H and O–H groups in total. The molecular weight excluding hydrogens is 300 g/mol. The van der Waals surface area contributed by atoms with E-state index in [1.807, 2.05) is 42.5 Å². The fraction of sp³-hybridized carbons (Fsp3) is 0. The van der Waals surface area contributed by atoms with E-state index in [1.54, 1.807) is 23.0 Å². The number of aromatic amines is 1. The third kappa shape index (κ3) is 2.69. The zero-order valence-electron chi connectivity index (χ0n) is 12.6. The average Bonchev–Trinajstić information content (AvgIpc) is 3.04. The van der Waals surface area contributed by atoms with Crippen LogP contribution in [-0.4, -0.2) is 19.6 Å². The standard InChI is InChI=1S/C19H12N4O/c24-19-11-7-14(12-21-19)6-8-16-13-20-18-10-9-17(22-23(16)18)15-4-2-1-3-5-15/h1-5,7,9-13H,(H,21,24). The Hall–Kier alpha value is -3.65. The van der Waals surface area contributed by atoms with E-state index in [9.17, 15) is 4.79 Å². The van der Waals surface area contributed by atoms with Gasteiger partial charge in [-0.1, -0.05) is 36.3 Å². The SMILES string of the molecule is O=c1ccc(C#Cc2cnc3ccc(-c4ccccc4)nn23)c[nH]1. The third-order valence-electron chi connectivity index (χ3n) is 3.55. The van der Waals surface area contributed by atoms with E-state index in [0.717, 1.165) is 22.5 Å². The largest absolute Gasteiger partial charge is 0.328 e. The fourth-order valence-corrected chi connectivity index (χ4v) is 2.35. The molecule has 0 amide bonds. The summed E-state index contributed by atoms with van der Waals surface area (Å²) in [6.07, 6.45) is 3.27. The molecule has 0 aliphatic carbocycles. The van der Waals surface area contributed by atoms with Crippen LogP contribution in [0.25, 0.3) is 16.9 Å². The van der Waals surface area contributed by atoms with E-state index < -0.39 is 0 Å². The van der Waals surface area contributed by atoms with E-state index in [2.05, 4.69) is 26.9 Å². The molecule has 1 aromatic carbocycles. The molecule has 0 aliphatic heterocycles. The molecule has 0 saturated carbocycles. The number of rotatable bonds is 1. The molecule has 0 saturated heterocycles. The van der Waals surface area contributed by atoms with Gasteiger partial charge in [-0.3, -0.25) is 4.79 Å². The molecule has 24 heavy (non-hydrogen) atoms. The van der Waals surface area contributed by atoms with Gasteiger partial charge in [-0.2, -0.15) is 5.10 Å². The number of hydrogen-bond donors (Lipinski definition) is 1. The number of nitrogens with one attached hydrogen (secondary N) is 1. The van der Waals surface area contributed by atoms with Gasteiger partial charge < -0.3 is 4.98 Å². The summed E-state index contributed by atoms with van der Waals surface area (Å²) in [6, 6.07) is 16.9. The van der Waals surface area contributed by atoms with Gasteiger partial charge in [0.05, 0.1) is 11.9 Å². The molecule has 3 aromatic heterocycles. The van der Waals surface area contributed by atoms with Crippen LogP contribution in [-0.2, 0) is 0 Å². The van der Waals surface area contributed by atoms with Crippen molar-refractivity contribution in [2.45, 2.75) is 0 Å². The molecular formula is C19H12N4O. The number of imidazole rings is 1. The van der Waals surface area contributed by atoms with Crippen LogP contribution in [0.4, 0.5) is 0 Å². The second-order valence-electron chi connectivity index (χ2n) is 5.19. The summed E-state index contributed by atoms with van der Waals surface area (Å²) in [7, 11) is 0. The Labute approximate surface area is 137 Å². The second kappa shape index (κ2) is 5.86. The predicted octanol–water partition coefficient (Wildman–Crippen LogP) is 2.48. The van der Waals surface area contributed by atoms with Gasteiger partial charge in [-0.25, -0.2) is 9.50 Å². The zero-order chi connectivity index (χ0) is 16.4. The highest BCUT2D eigenvalue weighted by atomic mass is 16.1. The molecule has 0 spiro atoms. The van der Waals surface area contributed by atoms with Gasteiger partial charge in [0.1, 0.15) is 5.69 Å². The molecule has 4 rings (SSSR count). The Morgan fingerprint density at radius 1 is 0.958 bits per heavy atom. The highest BCUT2D eigenvalue weighted by Crippen LogP contribution is 2.17. The second-order valence-corrected chi connectivity index (χ2v) is 5.19. The van der Waals surface area contributed by atoms with Crippen LogP contribution in [0.15, 0.2) is 71.8 Å². The van der Waals surface area contributed by atoms with E-state index in [-0.39, 0.29) is 5.56 Å². The summed E-state index contributed by atoms with van der Waals surface area (Å²) in [4.78, 5) is 18.0. The summed E-state index contributed by atoms with van der Waals surface area (Å²) < 4.78 is 1.72. The summed E-state index contributed by atoms with van der Waals surface area (Å²) in [5.41, 5.74) is 3.89. The van der Waals surface area contributed by atoms with Crippen molar-refractivity contribution in [1.29, 1.82) is 0 Å². The first-order chi connectivity index (χ1) is 11.8. The smallest absolute Gasteiger partial charge is 0.247 e. The van der Waals surface area contributed by atoms with Crippen LogP contribution in [0.5, 0.6) is 0 Å². The van der Waals surface area contributed by atoms with Crippen LogP contribution in [0.3, 0.4) is 0 Å². The molecule has 3 heterocycles.